The molecule has 0 aliphatic heterocycles. The first-order valence-electron chi connectivity index (χ1n) is 5.98. The molecule has 5 heteroatoms. The van der Waals surface area contributed by atoms with Crippen molar-refractivity contribution < 1.29 is 0 Å². The molecule has 0 saturated carbocycles. The monoisotopic (exact) mass is 223 g/mol. The van der Waals surface area contributed by atoms with E-state index in [4.69, 9.17) is 0 Å². The maximum Gasteiger partial charge on any atom is 0.243 e. The third kappa shape index (κ3) is 3.73. The van der Waals surface area contributed by atoms with Crippen molar-refractivity contribution in [2.45, 2.75) is 33.6 Å². The summed E-state index contributed by atoms with van der Waals surface area (Å²) >= 11 is 0. The molecule has 0 saturated heterocycles. The van der Waals surface area contributed by atoms with Gasteiger partial charge in [0.15, 0.2) is 0 Å². The Kier molecular flexibility index (Phi) is 5.71. The van der Waals surface area contributed by atoms with Crippen LogP contribution in [0.15, 0.2) is 0 Å². The molecule has 0 fully saturated rings. The molecule has 0 bridgehead atoms. The summed E-state index contributed by atoms with van der Waals surface area (Å²) in [7, 11) is 0. The average Bonchev–Trinajstić information content (AvgIpc) is 2.34. The maximum absolute atomic E-state index is 4.45. The Morgan fingerprint density at radius 2 is 1.69 bits per heavy atom. The molecular formula is C11H21N5. The van der Waals surface area contributed by atoms with E-state index in [0.29, 0.717) is 5.95 Å². The minimum atomic E-state index is 0.631. The Hall–Kier alpha value is -1.23. The summed E-state index contributed by atoms with van der Waals surface area (Å²) in [6.07, 6.45) is 1.79. The van der Waals surface area contributed by atoms with Crippen LogP contribution >= 0.6 is 0 Å². The minimum Gasteiger partial charge on any atom is -0.352 e. The van der Waals surface area contributed by atoms with Gasteiger partial charge in [-0.25, -0.2) is 4.98 Å². The van der Waals surface area contributed by atoms with Gasteiger partial charge in [-0.15, -0.1) is 5.10 Å². The first-order valence-corrected chi connectivity index (χ1v) is 5.98. The number of nitrogens with zero attached hydrogens (tertiary/aromatic N) is 3. The Morgan fingerprint density at radius 3 is 2.31 bits per heavy atom. The molecule has 0 aliphatic carbocycles. The molecule has 2 N–H and O–H groups in total. The van der Waals surface area contributed by atoms with Crippen molar-refractivity contribution in [2.75, 3.05) is 25.0 Å². The summed E-state index contributed by atoms with van der Waals surface area (Å²) in [5, 5.41) is 14.6. The van der Waals surface area contributed by atoms with Gasteiger partial charge in [0.2, 0.25) is 5.95 Å². The number of nitrogens with one attached hydrogen (secondary N) is 2. The number of aromatic nitrogens is 3. The highest BCUT2D eigenvalue weighted by molar-refractivity contribution is 5.25. The lowest BCUT2D eigenvalue weighted by atomic mass is 10.2. The van der Waals surface area contributed by atoms with E-state index >= 15 is 0 Å². The second-order valence-corrected chi connectivity index (χ2v) is 3.52. The van der Waals surface area contributed by atoms with E-state index in [9.17, 15) is 0 Å². The van der Waals surface area contributed by atoms with Crippen molar-refractivity contribution in [1.82, 2.24) is 20.5 Å². The summed E-state index contributed by atoms with van der Waals surface area (Å²) in [4.78, 5) is 4.45. The SMILES string of the molecule is CCNCCNc1nnc(CC)c(CC)n1. The van der Waals surface area contributed by atoms with Crippen LogP contribution in [0.25, 0.3) is 0 Å². The van der Waals surface area contributed by atoms with Crippen molar-refractivity contribution in [1.29, 1.82) is 0 Å². The van der Waals surface area contributed by atoms with Crippen molar-refractivity contribution in [2.24, 2.45) is 0 Å². The lowest BCUT2D eigenvalue weighted by molar-refractivity contribution is 0.731. The first-order chi connectivity index (χ1) is 7.81. The van der Waals surface area contributed by atoms with Crippen molar-refractivity contribution in [3.8, 4) is 0 Å². The van der Waals surface area contributed by atoms with Crippen molar-refractivity contribution in [3.63, 3.8) is 0 Å². The normalized spacial score (nSPS) is 10.4. The maximum atomic E-state index is 4.45. The fraction of sp³-hybridized carbons (Fsp3) is 0.727. The second-order valence-electron chi connectivity index (χ2n) is 3.52. The Bertz CT molecular complexity index is 313. The molecular weight excluding hydrogens is 202 g/mol. The van der Waals surface area contributed by atoms with Crippen LogP contribution in [-0.2, 0) is 12.8 Å². The molecule has 0 radical (unpaired) electrons. The lowest BCUT2D eigenvalue weighted by Crippen LogP contribution is -2.22. The largest absolute Gasteiger partial charge is 0.352 e. The summed E-state index contributed by atoms with van der Waals surface area (Å²) in [5.41, 5.74) is 2.04. The van der Waals surface area contributed by atoms with Gasteiger partial charge in [-0.2, -0.15) is 5.10 Å². The molecule has 5 nitrogen and oxygen atoms in total. The van der Waals surface area contributed by atoms with Gasteiger partial charge in [0.1, 0.15) is 0 Å². The predicted octanol–water partition coefficient (Wildman–Crippen LogP) is 1.02. The zero-order valence-corrected chi connectivity index (χ0v) is 10.4. The highest BCUT2D eigenvalue weighted by Gasteiger charge is 2.04. The zero-order chi connectivity index (χ0) is 11.8. The standard InChI is InChI=1S/C11H21N5/c1-4-9-10(5-2)15-16-11(14-9)13-8-7-12-6-3/h12H,4-8H2,1-3H3,(H,13,14,16). The number of likely N-dealkylation sites (N-methyl/N-ethyl adjacent to an activating group) is 1. The fourth-order valence-corrected chi connectivity index (χ4v) is 1.45. The smallest absolute Gasteiger partial charge is 0.243 e. The number of anilines is 1. The van der Waals surface area contributed by atoms with Crippen LogP contribution in [0, 0.1) is 0 Å². The van der Waals surface area contributed by atoms with Crippen molar-refractivity contribution in [3.05, 3.63) is 11.4 Å². The molecule has 0 atom stereocenters. The molecule has 90 valence electrons. The van der Waals surface area contributed by atoms with Crippen LogP contribution in [0.4, 0.5) is 5.95 Å². The molecule has 1 aromatic rings. The number of hydrogen-bond acceptors (Lipinski definition) is 5. The summed E-state index contributed by atoms with van der Waals surface area (Å²) < 4.78 is 0. The molecule has 1 heterocycles. The van der Waals surface area contributed by atoms with Crippen LogP contribution in [0.5, 0.6) is 0 Å². The summed E-state index contributed by atoms with van der Waals surface area (Å²) in [6.45, 7) is 8.97. The van der Waals surface area contributed by atoms with Gasteiger partial charge in [0, 0.05) is 13.1 Å². The van der Waals surface area contributed by atoms with E-state index in [-0.39, 0.29) is 0 Å². The first kappa shape index (κ1) is 12.8. The minimum absolute atomic E-state index is 0.631. The van der Waals surface area contributed by atoms with Crippen LogP contribution in [0.3, 0.4) is 0 Å². The van der Waals surface area contributed by atoms with E-state index in [1.807, 2.05) is 0 Å². The Balaban J connectivity index is 2.54. The molecule has 0 aliphatic rings. The molecule has 0 amide bonds. The van der Waals surface area contributed by atoms with E-state index in [0.717, 1.165) is 43.9 Å². The van der Waals surface area contributed by atoms with E-state index < -0.39 is 0 Å². The second kappa shape index (κ2) is 7.11. The number of hydrogen-bond donors (Lipinski definition) is 2. The zero-order valence-electron chi connectivity index (χ0n) is 10.4. The van der Waals surface area contributed by atoms with E-state index in [1.165, 1.54) is 0 Å². The number of aryl methyl sites for hydroxylation is 2. The average molecular weight is 223 g/mol. The highest BCUT2D eigenvalue weighted by atomic mass is 15.2. The van der Waals surface area contributed by atoms with Crippen LogP contribution in [0.1, 0.15) is 32.2 Å². The van der Waals surface area contributed by atoms with Gasteiger partial charge in [-0.1, -0.05) is 20.8 Å². The van der Waals surface area contributed by atoms with Gasteiger partial charge in [-0.3, -0.25) is 0 Å². The quantitative estimate of drug-likeness (QED) is 0.676. The summed E-state index contributed by atoms with van der Waals surface area (Å²) in [6, 6.07) is 0. The van der Waals surface area contributed by atoms with Gasteiger partial charge in [-0.05, 0) is 19.4 Å². The third-order valence-corrected chi connectivity index (χ3v) is 2.34. The van der Waals surface area contributed by atoms with Gasteiger partial charge in [0.05, 0.1) is 11.4 Å². The van der Waals surface area contributed by atoms with Crippen LogP contribution < -0.4 is 10.6 Å². The molecule has 0 unspecified atom stereocenters. The van der Waals surface area contributed by atoms with Crippen LogP contribution in [-0.4, -0.2) is 34.8 Å². The molecule has 16 heavy (non-hydrogen) atoms. The van der Waals surface area contributed by atoms with Crippen molar-refractivity contribution >= 4 is 5.95 Å². The Morgan fingerprint density at radius 1 is 0.938 bits per heavy atom. The number of rotatable bonds is 7. The highest BCUT2D eigenvalue weighted by Crippen LogP contribution is 2.06. The fourth-order valence-electron chi connectivity index (χ4n) is 1.45. The lowest BCUT2D eigenvalue weighted by Gasteiger charge is -2.07. The Labute approximate surface area is 97.1 Å². The molecule has 1 aromatic heterocycles. The van der Waals surface area contributed by atoms with Gasteiger partial charge < -0.3 is 10.6 Å². The molecule has 0 aromatic carbocycles. The molecule has 1 rings (SSSR count). The topological polar surface area (TPSA) is 62.7 Å². The summed E-state index contributed by atoms with van der Waals surface area (Å²) in [5.74, 6) is 0.631. The van der Waals surface area contributed by atoms with E-state index in [1.54, 1.807) is 0 Å². The van der Waals surface area contributed by atoms with Gasteiger partial charge >= 0.3 is 0 Å². The van der Waals surface area contributed by atoms with Crippen LogP contribution in [0.2, 0.25) is 0 Å². The van der Waals surface area contributed by atoms with E-state index in [2.05, 4.69) is 46.6 Å². The van der Waals surface area contributed by atoms with Gasteiger partial charge in [0.25, 0.3) is 0 Å². The third-order valence-electron chi connectivity index (χ3n) is 2.34. The molecule has 0 spiro atoms. The predicted molar refractivity (Wildman–Crippen MR) is 65.6 cm³/mol.